The van der Waals surface area contributed by atoms with Crippen LogP contribution in [0, 0.1) is 5.82 Å². The highest BCUT2D eigenvalue weighted by atomic mass is 19.1. The van der Waals surface area contributed by atoms with Gasteiger partial charge in [0, 0.05) is 12.6 Å². The number of ether oxygens (including phenoxy) is 1. The Kier molecular flexibility index (Phi) is 4.20. The van der Waals surface area contributed by atoms with E-state index in [1.54, 1.807) is 19.2 Å². The lowest BCUT2D eigenvalue weighted by molar-refractivity contribution is 0.411. The summed E-state index contributed by atoms with van der Waals surface area (Å²) in [4.78, 5) is 0. The monoisotopic (exact) mass is 285 g/mol. The summed E-state index contributed by atoms with van der Waals surface area (Å²) in [5, 5.41) is 3.54. The molecule has 21 heavy (non-hydrogen) atoms. The molecule has 2 aromatic carbocycles. The normalized spacial score (nSPS) is 17.3. The molecule has 0 heterocycles. The quantitative estimate of drug-likeness (QED) is 0.928. The van der Waals surface area contributed by atoms with Crippen molar-refractivity contribution in [2.24, 2.45) is 0 Å². The maximum atomic E-state index is 13.2. The molecule has 0 aliphatic heterocycles. The third-order valence-corrected chi connectivity index (χ3v) is 4.13. The predicted octanol–water partition coefficient (Wildman–Crippen LogP) is 3.48. The van der Waals surface area contributed by atoms with E-state index in [1.165, 1.54) is 17.2 Å². The first-order chi connectivity index (χ1) is 10.2. The van der Waals surface area contributed by atoms with Gasteiger partial charge in [-0.2, -0.15) is 0 Å². The van der Waals surface area contributed by atoms with E-state index in [4.69, 9.17) is 4.74 Å². The molecule has 110 valence electrons. The molecule has 0 aromatic heterocycles. The van der Waals surface area contributed by atoms with Crippen molar-refractivity contribution >= 4 is 0 Å². The number of methoxy groups -OCH3 is 1. The summed E-state index contributed by atoms with van der Waals surface area (Å²) in [7, 11) is 1.70. The Morgan fingerprint density at radius 3 is 2.90 bits per heavy atom. The van der Waals surface area contributed by atoms with Crippen molar-refractivity contribution in [3.05, 3.63) is 65.0 Å². The predicted molar refractivity (Wildman–Crippen MR) is 82.0 cm³/mol. The molecule has 0 amide bonds. The minimum atomic E-state index is -0.173. The van der Waals surface area contributed by atoms with E-state index < -0.39 is 0 Å². The van der Waals surface area contributed by atoms with E-state index in [0.29, 0.717) is 12.6 Å². The maximum absolute atomic E-state index is 13.2. The Morgan fingerprint density at radius 1 is 1.19 bits per heavy atom. The number of nitrogens with one attached hydrogen (secondary N) is 1. The number of fused-ring (bicyclic) bond motifs is 1. The Hall–Kier alpha value is -1.87. The molecule has 3 rings (SSSR count). The lowest BCUT2D eigenvalue weighted by Crippen LogP contribution is -2.34. The average molecular weight is 285 g/mol. The lowest BCUT2D eigenvalue weighted by atomic mass is 9.88. The van der Waals surface area contributed by atoms with Crippen LogP contribution in [0.3, 0.4) is 0 Å². The highest BCUT2D eigenvalue weighted by Crippen LogP contribution is 2.25. The Labute approximate surface area is 125 Å². The zero-order chi connectivity index (χ0) is 14.7. The van der Waals surface area contributed by atoms with Gasteiger partial charge < -0.3 is 10.1 Å². The minimum absolute atomic E-state index is 0.173. The summed E-state index contributed by atoms with van der Waals surface area (Å²) >= 11 is 0. The van der Waals surface area contributed by atoms with Crippen LogP contribution < -0.4 is 10.1 Å². The molecule has 0 bridgehead atoms. The fourth-order valence-corrected chi connectivity index (χ4v) is 2.94. The van der Waals surface area contributed by atoms with E-state index in [9.17, 15) is 4.39 Å². The number of aryl methyl sites for hydroxylation is 1. The molecule has 0 radical (unpaired) electrons. The second-order valence-electron chi connectivity index (χ2n) is 5.59. The fraction of sp³-hybridized carbons (Fsp3) is 0.333. The van der Waals surface area contributed by atoms with Crippen LogP contribution in [-0.2, 0) is 19.4 Å². The lowest BCUT2D eigenvalue weighted by Gasteiger charge is -2.26. The average Bonchev–Trinajstić information content (AvgIpc) is 2.52. The molecule has 1 unspecified atom stereocenters. The van der Waals surface area contributed by atoms with Crippen molar-refractivity contribution in [1.29, 1.82) is 0 Å². The number of rotatable bonds is 4. The van der Waals surface area contributed by atoms with Gasteiger partial charge in [0.25, 0.3) is 0 Å². The standard InChI is InChI=1S/C18H20FNO/c1-21-18-8-6-14-5-7-17(10-15(14)11-18)20-12-13-3-2-4-16(19)9-13/h2-4,6,8-9,11,17,20H,5,7,10,12H2,1H3. The molecule has 2 aromatic rings. The molecule has 3 heteroatoms. The van der Waals surface area contributed by atoms with E-state index in [-0.39, 0.29) is 5.82 Å². The van der Waals surface area contributed by atoms with Crippen LogP contribution in [0.5, 0.6) is 5.75 Å². The zero-order valence-electron chi connectivity index (χ0n) is 12.2. The summed E-state index contributed by atoms with van der Waals surface area (Å²) in [5.74, 6) is 0.743. The van der Waals surface area contributed by atoms with Crippen molar-refractivity contribution in [3.63, 3.8) is 0 Å². The summed E-state index contributed by atoms with van der Waals surface area (Å²) in [6.07, 6.45) is 3.20. The van der Waals surface area contributed by atoms with Crippen LogP contribution in [0.25, 0.3) is 0 Å². The minimum Gasteiger partial charge on any atom is -0.497 e. The zero-order valence-corrected chi connectivity index (χ0v) is 12.2. The van der Waals surface area contributed by atoms with Crippen LogP contribution in [-0.4, -0.2) is 13.2 Å². The van der Waals surface area contributed by atoms with Crippen molar-refractivity contribution in [3.8, 4) is 5.75 Å². The summed E-state index contributed by atoms with van der Waals surface area (Å²) in [6, 6.07) is 13.5. The number of halogens is 1. The molecule has 2 nitrogen and oxygen atoms in total. The number of benzene rings is 2. The number of hydrogen-bond donors (Lipinski definition) is 1. The fourth-order valence-electron chi connectivity index (χ4n) is 2.94. The molecule has 1 atom stereocenters. The van der Waals surface area contributed by atoms with E-state index in [0.717, 1.165) is 30.6 Å². The maximum Gasteiger partial charge on any atom is 0.123 e. The van der Waals surface area contributed by atoms with E-state index >= 15 is 0 Å². The number of hydrogen-bond acceptors (Lipinski definition) is 2. The highest BCUT2D eigenvalue weighted by molar-refractivity contribution is 5.38. The molecule has 0 saturated carbocycles. The van der Waals surface area contributed by atoms with Crippen LogP contribution in [0.15, 0.2) is 42.5 Å². The van der Waals surface area contributed by atoms with Crippen LogP contribution >= 0.6 is 0 Å². The first-order valence-electron chi connectivity index (χ1n) is 7.38. The van der Waals surface area contributed by atoms with Crippen molar-refractivity contribution in [1.82, 2.24) is 5.32 Å². The van der Waals surface area contributed by atoms with Crippen molar-refractivity contribution in [2.45, 2.75) is 31.8 Å². The summed E-state index contributed by atoms with van der Waals surface area (Å²) in [6.45, 7) is 0.710. The van der Waals surface area contributed by atoms with Gasteiger partial charge in [-0.3, -0.25) is 0 Å². The molecule has 1 aliphatic carbocycles. The van der Waals surface area contributed by atoms with E-state index in [1.807, 2.05) is 12.1 Å². The topological polar surface area (TPSA) is 21.3 Å². The second-order valence-corrected chi connectivity index (χ2v) is 5.59. The van der Waals surface area contributed by atoms with Crippen LogP contribution in [0.2, 0.25) is 0 Å². The van der Waals surface area contributed by atoms with Gasteiger partial charge in [-0.05, 0) is 60.2 Å². The largest absolute Gasteiger partial charge is 0.497 e. The second kappa shape index (κ2) is 6.27. The smallest absolute Gasteiger partial charge is 0.123 e. The van der Waals surface area contributed by atoms with Gasteiger partial charge >= 0.3 is 0 Å². The van der Waals surface area contributed by atoms with Gasteiger partial charge in [-0.15, -0.1) is 0 Å². The molecule has 1 aliphatic rings. The van der Waals surface area contributed by atoms with Crippen LogP contribution in [0.1, 0.15) is 23.1 Å². The molecule has 1 N–H and O–H groups in total. The molecule has 0 fully saturated rings. The summed E-state index contributed by atoms with van der Waals surface area (Å²) in [5.41, 5.74) is 3.77. The van der Waals surface area contributed by atoms with Gasteiger partial charge in [-0.25, -0.2) is 4.39 Å². The van der Waals surface area contributed by atoms with Gasteiger partial charge in [0.2, 0.25) is 0 Å². The molecular weight excluding hydrogens is 265 g/mol. The molecule has 0 spiro atoms. The van der Waals surface area contributed by atoms with E-state index in [2.05, 4.69) is 17.4 Å². The highest BCUT2D eigenvalue weighted by Gasteiger charge is 2.18. The molecule has 0 saturated heterocycles. The molecular formula is C18H20FNO. The third kappa shape index (κ3) is 3.42. The SMILES string of the molecule is COc1ccc2c(c1)CC(NCc1cccc(F)c1)CC2. The first-order valence-corrected chi connectivity index (χ1v) is 7.38. The van der Waals surface area contributed by atoms with Gasteiger partial charge in [0.15, 0.2) is 0 Å². The Bertz CT molecular complexity index is 626. The van der Waals surface area contributed by atoms with Crippen molar-refractivity contribution in [2.75, 3.05) is 7.11 Å². The van der Waals surface area contributed by atoms with Crippen molar-refractivity contribution < 1.29 is 9.13 Å². The van der Waals surface area contributed by atoms with Gasteiger partial charge in [0.05, 0.1) is 7.11 Å². The first kappa shape index (κ1) is 14.1. The third-order valence-electron chi connectivity index (χ3n) is 4.13. The Balaban J connectivity index is 1.63. The Morgan fingerprint density at radius 2 is 2.10 bits per heavy atom. The van der Waals surface area contributed by atoms with Gasteiger partial charge in [0.1, 0.15) is 11.6 Å². The van der Waals surface area contributed by atoms with Gasteiger partial charge in [-0.1, -0.05) is 18.2 Å². The summed E-state index contributed by atoms with van der Waals surface area (Å²) < 4.78 is 18.5. The van der Waals surface area contributed by atoms with Crippen LogP contribution in [0.4, 0.5) is 4.39 Å².